The van der Waals surface area contributed by atoms with E-state index in [1.807, 2.05) is 0 Å². The number of aryl methyl sites for hydroxylation is 1. The molecule has 3 nitrogen and oxygen atoms in total. The molecule has 1 aromatic rings. The molecule has 0 heterocycles. The molecule has 0 aromatic heterocycles. The molecular formula is C13H21NO2. The number of aliphatic hydroxyl groups is 1. The Morgan fingerprint density at radius 1 is 1.31 bits per heavy atom. The van der Waals surface area contributed by atoms with Crippen molar-refractivity contribution < 1.29 is 9.84 Å². The maximum absolute atomic E-state index is 8.54. The third-order valence-electron chi connectivity index (χ3n) is 2.59. The third kappa shape index (κ3) is 4.31. The summed E-state index contributed by atoms with van der Waals surface area (Å²) in [4.78, 5) is 0. The molecule has 0 amide bonds. The minimum Gasteiger partial charge on any atom is -0.394 e. The summed E-state index contributed by atoms with van der Waals surface area (Å²) >= 11 is 0. The van der Waals surface area contributed by atoms with Gasteiger partial charge in [0.1, 0.15) is 0 Å². The van der Waals surface area contributed by atoms with E-state index in [4.69, 9.17) is 9.84 Å². The highest BCUT2D eigenvalue weighted by Crippen LogP contribution is 2.15. The van der Waals surface area contributed by atoms with Crippen LogP contribution in [0.25, 0.3) is 0 Å². The van der Waals surface area contributed by atoms with Gasteiger partial charge in [-0.1, -0.05) is 24.3 Å². The van der Waals surface area contributed by atoms with Crippen LogP contribution in [0.3, 0.4) is 0 Å². The van der Waals surface area contributed by atoms with Crippen LogP contribution in [0.1, 0.15) is 24.1 Å². The summed E-state index contributed by atoms with van der Waals surface area (Å²) in [5.41, 5.74) is 2.63. The van der Waals surface area contributed by atoms with Gasteiger partial charge in [-0.2, -0.15) is 0 Å². The molecule has 16 heavy (non-hydrogen) atoms. The van der Waals surface area contributed by atoms with Gasteiger partial charge in [0.25, 0.3) is 0 Å². The lowest BCUT2D eigenvalue weighted by Crippen LogP contribution is -2.24. The van der Waals surface area contributed by atoms with E-state index in [2.05, 4.69) is 43.4 Å². The zero-order valence-electron chi connectivity index (χ0n) is 10.1. The van der Waals surface area contributed by atoms with Crippen LogP contribution >= 0.6 is 0 Å². The maximum atomic E-state index is 8.54. The molecule has 90 valence electrons. The highest BCUT2D eigenvalue weighted by molar-refractivity contribution is 5.28. The molecule has 0 aliphatic heterocycles. The monoisotopic (exact) mass is 223 g/mol. The summed E-state index contributed by atoms with van der Waals surface area (Å²) in [7, 11) is 0. The van der Waals surface area contributed by atoms with Crippen molar-refractivity contribution in [3.63, 3.8) is 0 Å². The van der Waals surface area contributed by atoms with Crippen LogP contribution in [0.4, 0.5) is 0 Å². The minimum absolute atomic E-state index is 0.0906. The molecular weight excluding hydrogens is 202 g/mol. The minimum atomic E-state index is 0.0906. The maximum Gasteiger partial charge on any atom is 0.0698 e. The second kappa shape index (κ2) is 7.39. The fourth-order valence-electron chi connectivity index (χ4n) is 1.70. The first-order chi connectivity index (χ1) is 7.75. The van der Waals surface area contributed by atoms with E-state index in [9.17, 15) is 0 Å². The van der Waals surface area contributed by atoms with Crippen molar-refractivity contribution in [2.75, 3.05) is 26.4 Å². The quantitative estimate of drug-likeness (QED) is 0.691. The Balaban J connectivity index is 2.30. The molecule has 0 aliphatic carbocycles. The first-order valence-electron chi connectivity index (χ1n) is 5.73. The number of aliphatic hydroxyl groups excluding tert-OH is 1. The van der Waals surface area contributed by atoms with Gasteiger partial charge in [0.05, 0.1) is 19.8 Å². The van der Waals surface area contributed by atoms with Gasteiger partial charge in [-0.25, -0.2) is 0 Å². The van der Waals surface area contributed by atoms with Crippen LogP contribution in [0.5, 0.6) is 0 Å². The standard InChI is InChI=1S/C13H21NO2/c1-11-5-3-4-6-13(11)12(2)14-7-9-16-10-8-15/h3-6,12,14-15H,7-10H2,1-2H3. The molecule has 0 fully saturated rings. The van der Waals surface area contributed by atoms with Crippen molar-refractivity contribution in [3.05, 3.63) is 35.4 Å². The first kappa shape index (κ1) is 13.2. The van der Waals surface area contributed by atoms with Crippen molar-refractivity contribution in [1.82, 2.24) is 5.32 Å². The predicted molar refractivity (Wildman–Crippen MR) is 65.5 cm³/mol. The van der Waals surface area contributed by atoms with Gasteiger partial charge in [0.2, 0.25) is 0 Å². The Kier molecular flexibility index (Phi) is 6.08. The van der Waals surface area contributed by atoms with E-state index < -0.39 is 0 Å². The lowest BCUT2D eigenvalue weighted by Gasteiger charge is -2.16. The number of hydrogen-bond acceptors (Lipinski definition) is 3. The smallest absolute Gasteiger partial charge is 0.0698 e. The Morgan fingerprint density at radius 3 is 2.75 bits per heavy atom. The molecule has 1 atom stereocenters. The summed E-state index contributed by atoms with van der Waals surface area (Å²) in [5, 5.41) is 11.9. The average Bonchev–Trinajstić information content (AvgIpc) is 2.29. The fourth-order valence-corrected chi connectivity index (χ4v) is 1.70. The van der Waals surface area contributed by atoms with Gasteiger partial charge in [0, 0.05) is 12.6 Å². The van der Waals surface area contributed by atoms with E-state index >= 15 is 0 Å². The van der Waals surface area contributed by atoms with Crippen molar-refractivity contribution in [1.29, 1.82) is 0 Å². The summed E-state index contributed by atoms with van der Waals surface area (Å²) in [6.07, 6.45) is 0. The van der Waals surface area contributed by atoms with Crippen LogP contribution in [-0.4, -0.2) is 31.5 Å². The number of ether oxygens (including phenoxy) is 1. The normalized spacial score (nSPS) is 12.7. The molecule has 0 aliphatic rings. The highest BCUT2D eigenvalue weighted by Gasteiger charge is 2.05. The Morgan fingerprint density at radius 2 is 2.06 bits per heavy atom. The van der Waals surface area contributed by atoms with Crippen LogP contribution in [0, 0.1) is 6.92 Å². The van der Waals surface area contributed by atoms with Crippen molar-refractivity contribution in [3.8, 4) is 0 Å². The summed E-state index contributed by atoms with van der Waals surface area (Å²) < 4.78 is 5.19. The second-order valence-electron chi connectivity index (χ2n) is 3.87. The summed E-state index contributed by atoms with van der Waals surface area (Å²) in [6, 6.07) is 8.70. The van der Waals surface area contributed by atoms with Crippen LogP contribution in [0.15, 0.2) is 24.3 Å². The van der Waals surface area contributed by atoms with Crippen LogP contribution in [0.2, 0.25) is 0 Å². The molecule has 1 rings (SSSR count). The molecule has 0 bridgehead atoms. The first-order valence-corrected chi connectivity index (χ1v) is 5.73. The lowest BCUT2D eigenvalue weighted by atomic mass is 10.0. The Bertz CT molecular complexity index is 302. The Labute approximate surface area is 97.4 Å². The molecule has 0 saturated heterocycles. The molecule has 0 saturated carbocycles. The van der Waals surface area contributed by atoms with Crippen LogP contribution < -0.4 is 5.32 Å². The molecule has 1 aromatic carbocycles. The zero-order chi connectivity index (χ0) is 11.8. The molecule has 2 N–H and O–H groups in total. The number of nitrogens with one attached hydrogen (secondary N) is 1. The highest BCUT2D eigenvalue weighted by atomic mass is 16.5. The van der Waals surface area contributed by atoms with Crippen molar-refractivity contribution >= 4 is 0 Å². The predicted octanol–water partition coefficient (Wildman–Crippen LogP) is 1.65. The number of hydrogen-bond donors (Lipinski definition) is 2. The van der Waals surface area contributed by atoms with E-state index in [-0.39, 0.29) is 6.61 Å². The molecule has 0 spiro atoms. The molecule has 3 heteroatoms. The van der Waals surface area contributed by atoms with Crippen LogP contribution in [-0.2, 0) is 4.74 Å². The topological polar surface area (TPSA) is 41.5 Å². The van der Waals surface area contributed by atoms with E-state index in [0.717, 1.165) is 6.54 Å². The molecule has 1 unspecified atom stereocenters. The van der Waals surface area contributed by atoms with Gasteiger partial charge in [0.15, 0.2) is 0 Å². The largest absolute Gasteiger partial charge is 0.394 e. The van der Waals surface area contributed by atoms with E-state index in [1.165, 1.54) is 11.1 Å². The van der Waals surface area contributed by atoms with Gasteiger partial charge >= 0.3 is 0 Å². The van der Waals surface area contributed by atoms with Gasteiger partial charge in [-0.05, 0) is 25.0 Å². The Hall–Kier alpha value is -0.900. The number of benzene rings is 1. The van der Waals surface area contributed by atoms with E-state index in [0.29, 0.717) is 19.3 Å². The fraction of sp³-hybridized carbons (Fsp3) is 0.538. The molecule has 0 radical (unpaired) electrons. The average molecular weight is 223 g/mol. The summed E-state index contributed by atoms with van der Waals surface area (Å²) in [6.45, 7) is 6.21. The zero-order valence-corrected chi connectivity index (χ0v) is 10.1. The SMILES string of the molecule is Cc1ccccc1C(C)NCCOCCO. The summed E-state index contributed by atoms with van der Waals surface area (Å²) in [5.74, 6) is 0. The lowest BCUT2D eigenvalue weighted by molar-refractivity contribution is 0.0928. The van der Waals surface area contributed by atoms with Gasteiger partial charge in [-0.3, -0.25) is 0 Å². The number of rotatable bonds is 7. The second-order valence-corrected chi connectivity index (χ2v) is 3.87. The van der Waals surface area contributed by atoms with Crippen molar-refractivity contribution in [2.45, 2.75) is 19.9 Å². The van der Waals surface area contributed by atoms with Gasteiger partial charge in [-0.15, -0.1) is 0 Å². The van der Waals surface area contributed by atoms with Gasteiger partial charge < -0.3 is 15.2 Å². The van der Waals surface area contributed by atoms with Crippen molar-refractivity contribution in [2.24, 2.45) is 0 Å². The van der Waals surface area contributed by atoms with E-state index in [1.54, 1.807) is 0 Å². The third-order valence-corrected chi connectivity index (χ3v) is 2.59.